The molecule has 2 rings (SSSR count). The van der Waals surface area contributed by atoms with Crippen molar-refractivity contribution in [1.82, 2.24) is 10.3 Å². The molecule has 0 saturated heterocycles. The van der Waals surface area contributed by atoms with Gasteiger partial charge in [0.15, 0.2) is 0 Å². The van der Waals surface area contributed by atoms with Crippen molar-refractivity contribution in [3.8, 4) is 0 Å². The molecule has 1 atom stereocenters. The van der Waals surface area contributed by atoms with Gasteiger partial charge in [0.25, 0.3) is 5.91 Å². The zero-order valence-corrected chi connectivity index (χ0v) is 11.9. The summed E-state index contributed by atoms with van der Waals surface area (Å²) in [5, 5.41) is 6.91. The number of benzene rings is 1. The molecule has 5 heteroatoms. The van der Waals surface area contributed by atoms with Crippen LogP contribution in [0.4, 0.5) is 5.69 Å². The van der Waals surface area contributed by atoms with Crippen LogP contribution < -0.4 is 10.6 Å². The highest BCUT2D eigenvalue weighted by atomic mass is 16.5. The van der Waals surface area contributed by atoms with Crippen molar-refractivity contribution in [2.24, 2.45) is 0 Å². The Hall–Kier alpha value is -2.14. The Morgan fingerprint density at radius 1 is 1.40 bits per heavy atom. The predicted octanol–water partition coefficient (Wildman–Crippen LogP) is 2.04. The number of amides is 1. The van der Waals surface area contributed by atoms with E-state index in [1.165, 1.54) is 0 Å². The Bertz CT molecular complexity index is 613. The van der Waals surface area contributed by atoms with Crippen molar-refractivity contribution in [2.45, 2.75) is 13.0 Å². The number of ether oxygens (including phenoxy) is 1. The summed E-state index contributed by atoms with van der Waals surface area (Å²) in [5.41, 5.74) is 2.08. The Kier molecular flexibility index (Phi) is 4.53. The third-order valence-electron chi connectivity index (χ3n) is 3.17. The molecule has 0 aliphatic carbocycles. The second-order valence-corrected chi connectivity index (χ2v) is 4.58. The first-order valence-electron chi connectivity index (χ1n) is 6.54. The van der Waals surface area contributed by atoms with Gasteiger partial charge in [-0.3, -0.25) is 4.79 Å². The summed E-state index contributed by atoms with van der Waals surface area (Å²) in [6.45, 7) is 2.35. The Labute approximate surface area is 118 Å². The number of rotatable bonds is 5. The van der Waals surface area contributed by atoms with Gasteiger partial charge in [0, 0.05) is 31.8 Å². The van der Waals surface area contributed by atoms with Crippen molar-refractivity contribution in [3.63, 3.8) is 0 Å². The fourth-order valence-electron chi connectivity index (χ4n) is 1.91. The first-order valence-corrected chi connectivity index (χ1v) is 6.54. The van der Waals surface area contributed by atoms with Crippen LogP contribution in [0.5, 0.6) is 0 Å². The molecular weight excluding hydrogens is 254 g/mol. The number of para-hydroxylation sites is 1. The molecule has 0 saturated carbocycles. The number of hydrogen-bond donors (Lipinski definition) is 2. The zero-order valence-electron chi connectivity index (χ0n) is 11.9. The molecule has 1 heterocycles. The molecule has 2 aromatic rings. The number of carbonyl (C=O) groups excluding carboxylic acids is 1. The Balaban J connectivity index is 2.28. The fourth-order valence-corrected chi connectivity index (χ4v) is 1.91. The molecule has 2 N–H and O–H groups in total. The number of nitrogens with zero attached hydrogens (tertiary/aromatic N) is 1. The van der Waals surface area contributed by atoms with Gasteiger partial charge in [-0.1, -0.05) is 18.2 Å². The third-order valence-corrected chi connectivity index (χ3v) is 3.17. The summed E-state index contributed by atoms with van der Waals surface area (Å²) in [6, 6.07) is 9.48. The molecule has 1 unspecified atom stereocenters. The topological polar surface area (TPSA) is 63.2 Å². The van der Waals surface area contributed by atoms with Crippen LogP contribution in [-0.4, -0.2) is 37.7 Å². The maximum absolute atomic E-state index is 12.1. The van der Waals surface area contributed by atoms with Gasteiger partial charge in [0.1, 0.15) is 5.69 Å². The molecule has 5 nitrogen and oxygen atoms in total. The van der Waals surface area contributed by atoms with Crippen molar-refractivity contribution in [2.75, 3.05) is 26.0 Å². The van der Waals surface area contributed by atoms with E-state index in [0.717, 1.165) is 16.6 Å². The Morgan fingerprint density at radius 3 is 2.85 bits per heavy atom. The van der Waals surface area contributed by atoms with Gasteiger partial charge in [-0.15, -0.1) is 0 Å². The van der Waals surface area contributed by atoms with Crippen molar-refractivity contribution in [3.05, 3.63) is 36.0 Å². The summed E-state index contributed by atoms with van der Waals surface area (Å²) in [5.74, 6) is -0.198. The average Bonchev–Trinajstić information content (AvgIpc) is 2.50. The molecule has 0 spiro atoms. The third kappa shape index (κ3) is 3.05. The second-order valence-electron chi connectivity index (χ2n) is 4.58. The predicted molar refractivity (Wildman–Crippen MR) is 80.1 cm³/mol. The smallest absolute Gasteiger partial charge is 0.270 e. The van der Waals surface area contributed by atoms with E-state index in [9.17, 15) is 4.79 Å². The van der Waals surface area contributed by atoms with E-state index in [4.69, 9.17) is 4.74 Å². The number of carbonyl (C=O) groups is 1. The van der Waals surface area contributed by atoms with Crippen LogP contribution in [0.1, 0.15) is 17.4 Å². The summed E-state index contributed by atoms with van der Waals surface area (Å²) in [4.78, 5) is 16.5. The number of fused-ring (bicyclic) bond motifs is 1. The van der Waals surface area contributed by atoms with Crippen LogP contribution in [-0.2, 0) is 4.74 Å². The summed E-state index contributed by atoms with van der Waals surface area (Å²) >= 11 is 0. The highest BCUT2D eigenvalue weighted by Crippen LogP contribution is 2.22. The maximum atomic E-state index is 12.1. The molecule has 0 aliphatic heterocycles. The average molecular weight is 273 g/mol. The highest BCUT2D eigenvalue weighted by molar-refractivity contribution is 5.99. The highest BCUT2D eigenvalue weighted by Gasteiger charge is 2.12. The van der Waals surface area contributed by atoms with Gasteiger partial charge in [-0.2, -0.15) is 0 Å². The van der Waals surface area contributed by atoms with E-state index in [2.05, 4.69) is 15.6 Å². The number of methoxy groups -OCH3 is 1. The Morgan fingerprint density at radius 2 is 2.15 bits per heavy atom. The maximum Gasteiger partial charge on any atom is 0.270 e. The van der Waals surface area contributed by atoms with Crippen molar-refractivity contribution < 1.29 is 9.53 Å². The van der Waals surface area contributed by atoms with Crippen LogP contribution in [0.2, 0.25) is 0 Å². The SMILES string of the molecule is CNc1cc(C(=O)NCC(C)OC)nc2ccccc12. The molecule has 1 aromatic heterocycles. The second kappa shape index (κ2) is 6.34. The van der Waals surface area contributed by atoms with E-state index in [1.54, 1.807) is 13.2 Å². The number of pyridine rings is 1. The lowest BCUT2D eigenvalue weighted by Crippen LogP contribution is -2.32. The van der Waals surface area contributed by atoms with Crippen LogP contribution >= 0.6 is 0 Å². The zero-order chi connectivity index (χ0) is 14.5. The van der Waals surface area contributed by atoms with E-state index < -0.39 is 0 Å². The minimum atomic E-state index is -0.198. The largest absolute Gasteiger partial charge is 0.388 e. The first kappa shape index (κ1) is 14.3. The van der Waals surface area contributed by atoms with Gasteiger partial charge in [0.2, 0.25) is 0 Å². The molecule has 106 valence electrons. The van der Waals surface area contributed by atoms with Gasteiger partial charge >= 0.3 is 0 Å². The number of nitrogens with one attached hydrogen (secondary N) is 2. The van der Waals surface area contributed by atoms with Gasteiger partial charge in [-0.05, 0) is 19.1 Å². The minimum Gasteiger partial charge on any atom is -0.388 e. The van der Waals surface area contributed by atoms with Crippen molar-refractivity contribution in [1.29, 1.82) is 0 Å². The standard InChI is InChI=1S/C15H19N3O2/c1-10(20-3)9-17-15(19)14-8-13(16-2)11-6-4-5-7-12(11)18-14/h4-8,10H,9H2,1-3H3,(H,16,18)(H,17,19). The number of aromatic nitrogens is 1. The lowest BCUT2D eigenvalue weighted by molar-refractivity contribution is 0.0866. The summed E-state index contributed by atoms with van der Waals surface area (Å²) in [7, 11) is 3.45. The van der Waals surface area contributed by atoms with Crippen molar-refractivity contribution >= 4 is 22.5 Å². The van der Waals surface area contributed by atoms with E-state index in [0.29, 0.717) is 12.2 Å². The molecular formula is C15H19N3O2. The van der Waals surface area contributed by atoms with Gasteiger partial charge < -0.3 is 15.4 Å². The van der Waals surface area contributed by atoms with Crippen LogP contribution in [0.25, 0.3) is 10.9 Å². The molecule has 1 aromatic carbocycles. The van der Waals surface area contributed by atoms with Crippen LogP contribution in [0.15, 0.2) is 30.3 Å². The van der Waals surface area contributed by atoms with Gasteiger partial charge in [0.05, 0.1) is 11.6 Å². The molecule has 20 heavy (non-hydrogen) atoms. The van der Waals surface area contributed by atoms with Crippen LogP contribution in [0, 0.1) is 0 Å². The number of anilines is 1. The molecule has 0 bridgehead atoms. The molecule has 0 radical (unpaired) electrons. The fraction of sp³-hybridized carbons (Fsp3) is 0.333. The monoisotopic (exact) mass is 273 g/mol. The summed E-state index contributed by atoms with van der Waals surface area (Å²) < 4.78 is 5.10. The normalized spacial score (nSPS) is 12.2. The quantitative estimate of drug-likeness (QED) is 0.875. The lowest BCUT2D eigenvalue weighted by atomic mass is 10.1. The number of hydrogen-bond acceptors (Lipinski definition) is 4. The van der Waals surface area contributed by atoms with E-state index >= 15 is 0 Å². The molecule has 0 aliphatic rings. The van der Waals surface area contributed by atoms with Crippen LogP contribution in [0.3, 0.4) is 0 Å². The first-order chi connectivity index (χ1) is 9.65. The molecule has 1 amide bonds. The molecule has 0 fully saturated rings. The summed E-state index contributed by atoms with van der Waals surface area (Å²) in [6.07, 6.45) is -0.0248. The van der Waals surface area contributed by atoms with E-state index in [1.807, 2.05) is 38.2 Å². The van der Waals surface area contributed by atoms with E-state index in [-0.39, 0.29) is 12.0 Å². The van der Waals surface area contributed by atoms with Gasteiger partial charge in [-0.25, -0.2) is 4.98 Å². The lowest BCUT2D eigenvalue weighted by Gasteiger charge is -2.12. The minimum absolute atomic E-state index is 0.0248.